The van der Waals surface area contributed by atoms with Gasteiger partial charge in [0.05, 0.1) is 18.4 Å². The second-order valence-corrected chi connectivity index (χ2v) is 8.59. The molecule has 0 fully saturated rings. The maximum atomic E-state index is 6.02. The third-order valence-corrected chi connectivity index (χ3v) is 5.54. The highest BCUT2D eigenvalue weighted by Crippen LogP contribution is 2.30. The molecule has 8 heteroatoms. The number of benzene rings is 1. The predicted octanol–water partition coefficient (Wildman–Crippen LogP) is 4.33. The van der Waals surface area contributed by atoms with Crippen molar-refractivity contribution >= 4 is 21.6 Å². The molecule has 0 amide bonds. The monoisotopic (exact) mass is 506 g/mol. The van der Waals surface area contributed by atoms with E-state index in [0.29, 0.717) is 5.88 Å². The topological polar surface area (TPSA) is 76.9 Å². The van der Waals surface area contributed by atoms with Gasteiger partial charge in [0.25, 0.3) is 0 Å². The van der Waals surface area contributed by atoms with Crippen molar-refractivity contribution in [3.8, 4) is 17.0 Å². The number of ether oxygens (including phenoxy) is 1. The average Bonchev–Trinajstić information content (AvgIpc) is 3.30. The van der Waals surface area contributed by atoms with Gasteiger partial charge in [-0.3, -0.25) is 9.67 Å². The van der Waals surface area contributed by atoms with E-state index < -0.39 is 0 Å². The molecule has 1 aliphatic heterocycles. The van der Waals surface area contributed by atoms with Crippen LogP contribution in [0.4, 0.5) is 5.69 Å². The minimum atomic E-state index is 0.0483. The molecule has 7 nitrogen and oxygen atoms in total. The molecule has 0 aliphatic carbocycles. The molecule has 1 unspecified atom stereocenters. The van der Waals surface area contributed by atoms with E-state index in [1.165, 1.54) is 0 Å². The number of anilines is 1. The van der Waals surface area contributed by atoms with Crippen LogP contribution in [-0.2, 0) is 13.5 Å². The van der Waals surface area contributed by atoms with Crippen LogP contribution >= 0.6 is 15.9 Å². The Kier molecular flexibility index (Phi) is 8.05. The molecule has 0 saturated heterocycles. The van der Waals surface area contributed by atoms with Crippen molar-refractivity contribution < 1.29 is 4.74 Å². The molecule has 1 aromatic carbocycles. The quantitative estimate of drug-likeness (QED) is 0.379. The van der Waals surface area contributed by atoms with E-state index in [1.807, 2.05) is 80.4 Å². The largest absolute Gasteiger partial charge is 0.470 e. The number of nitrogens with zero attached hydrogens (tertiary/aromatic N) is 4. The second-order valence-electron chi connectivity index (χ2n) is 7.68. The van der Waals surface area contributed by atoms with Gasteiger partial charge < -0.3 is 15.4 Å². The van der Waals surface area contributed by atoms with E-state index in [0.717, 1.165) is 53.0 Å². The van der Waals surface area contributed by atoms with E-state index in [4.69, 9.17) is 4.74 Å². The van der Waals surface area contributed by atoms with Crippen molar-refractivity contribution in [3.63, 3.8) is 0 Å². The van der Waals surface area contributed by atoms with Gasteiger partial charge in [0.1, 0.15) is 6.10 Å². The van der Waals surface area contributed by atoms with Gasteiger partial charge >= 0.3 is 0 Å². The first-order valence-corrected chi connectivity index (χ1v) is 11.7. The molecule has 0 bridgehead atoms. The molecular formula is C25H27BrN6O. The number of nitrogens with one attached hydrogen (secondary N) is 2. The Bertz CT molecular complexity index is 1110. The zero-order valence-corrected chi connectivity index (χ0v) is 20.1. The number of rotatable bonds is 6. The van der Waals surface area contributed by atoms with E-state index >= 15 is 0 Å². The highest BCUT2D eigenvalue weighted by Gasteiger charge is 2.20. The molecular weight excluding hydrogens is 480 g/mol. The summed E-state index contributed by atoms with van der Waals surface area (Å²) in [6.45, 7) is 2.36. The van der Waals surface area contributed by atoms with Crippen LogP contribution in [0.25, 0.3) is 11.1 Å². The Morgan fingerprint density at radius 2 is 1.85 bits per heavy atom. The van der Waals surface area contributed by atoms with Gasteiger partial charge in [-0.15, -0.1) is 0 Å². The van der Waals surface area contributed by atoms with Gasteiger partial charge in [-0.05, 0) is 34.1 Å². The molecule has 0 saturated carbocycles. The van der Waals surface area contributed by atoms with Crippen LogP contribution in [0, 0.1) is 0 Å². The molecule has 0 radical (unpaired) electrons. The molecule has 3 aromatic heterocycles. The molecule has 1 aliphatic rings. The van der Waals surface area contributed by atoms with Crippen molar-refractivity contribution in [1.29, 1.82) is 0 Å². The number of aromatic nitrogens is 4. The normalized spacial score (nSPS) is 14.3. The Hall–Kier alpha value is -3.23. The fourth-order valence-corrected chi connectivity index (χ4v) is 3.59. The number of aryl methyl sites for hydroxylation is 1. The summed E-state index contributed by atoms with van der Waals surface area (Å²) in [5.74, 6) is 0.648. The van der Waals surface area contributed by atoms with Crippen LogP contribution in [0.5, 0.6) is 5.88 Å². The molecule has 33 heavy (non-hydrogen) atoms. The van der Waals surface area contributed by atoms with Crippen molar-refractivity contribution in [3.05, 3.63) is 89.6 Å². The lowest BCUT2D eigenvalue weighted by atomic mass is 10.1. The first-order valence-electron chi connectivity index (χ1n) is 10.9. The summed E-state index contributed by atoms with van der Waals surface area (Å²) in [6.07, 6.45) is 8.39. The van der Waals surface area contributed by atoms with E-state index in [9.17, 15) is 0 Å². The molecule has 5 rings (SSSR count). The van der Waals surface area contributed by atoms with Gasteiger partial charge in [-0.25, -0.2) is 4.98 Å². The fourth-order valence-electron chi connectivity index (χ4n) is 3.36. The summed E-state index contributed by atoms with van der Waals surface area (Å²) in [6, 6.07) is 18.1. The SMILES string of the molecule is Cn1cc(-c2cnc3c(c2)NCC(CNCCc2ccc(Br)cn2)O3)cn1.c1ccccc1. The predicted molar refractivity (Wildman–Crippen MR) is 134 cm³/mol. The van der Waals surface area contributed by atoms with E-state index in [-0.39, 0.29) is 6.10 Å². The zero-order valence-electron chi connectivity index (χ0n) is 18.5. The Balaban J connectivity index is 0.000000376. The number of fused-ring (bicyclic) bond motifs is 1. The molecule has 170 valence electrons. The van der Waals surface area contributed by atoms with Crippen LogP contribution in [0.15, 0.2) is 83.9 Å². The molecule has 2 N–H and O–H groups in total. The highest BCUT2D eigenvalue weighted by molar-refractivity contribution is 9.10. The highest BCUT2D eigenvalue weighted by atomic mass is 79.9. The lowest BCUT2D eigenvalue weighted by Gasteiger charge is -2.27. The number of halogens is 1. The summed E-state index contributed by atoms with van der Waals surface area (Å²) >= 11 is 3.40. The van der Waals surface area contributed by atoms with Crippen LogP contribution in [0.3, 0.4) is 0 Å². The maximum absolute atomic E-state index is 6.02. The van der Waals surface area contributed by atoms with Crippen LogP contribution < -0.4 is 15.4 Å². The number of hydrogen-bond donors (Lipinski definition) is 2. The van der Waals surface area contributed by atoms with Crippen molar-refractivity contribution in [2.75, 3.05) is 25.0 Å². The fraction of sp³-hybridized carbons (Fsp3) is 0.240. The summed E-state index contributed by atoms with van der Waals surface area (Å²) in [4.78, 5) is 8.86. The first kappa shape index (κ1) is 22.9. The summed E-state index contributed by atoms with van der Waals surface area (Å²) in [5, 5.41) is 11.1. The summed E-state index contributed by atoms with van der Waals surface area (Å²) in [5.41, 5.74) is 4.06. The number of hydrogen-bond acceptors (Lipinski definition) is 6. The standard InChI is InChI=1S/C19H21BrN6O.C6H6/c1-26-12-14(8-25-26)13-6-18-19(24-7-13)27-17(11-23-18)10-21-5-4-16-3-2-15(20)9-22-16;1-2-4-6-5-3-1/h2-3,6-9,12,17,21,23H,4-5,10-11H2,1H3;1-6H. The molecule has 0 spiro atoms. The van der Waals surface area contributed by atoms with E-state index in [1.54, 1.807) is 4.68 Å². The molecule has 4 aromatic rings. The Labute approximate surface area is 202 Å². The van der Waals surface area contributed by atoms with Crippen molar-refractivity contribution in [2.24, 2.45) is 7.05 Å². The minimum absolute atomic E-state index is 0.0483. The van der Waals surface area contributed by atoms with Crippen LogP contribution in [0.2, 0.25) is 0 Å². The van der Waals surface area contributed by atoms with Crippen LogP contribution in [0.1, 0.15) is 5.69 Å². The smallest absolute Gasteiger partial charge is 0.237 e. The molecule has 1 atom stereocenters. The van der Waals surface area contributed by atoms with Gasteiger partial charge in [0, 0.05) is 66.4 Å². The van der Waals surface area contributed by atoms with Crippen molar-refractivity contribution in [1.82, 2.24) is 25.1 Å². The van der Waals surface area contributed by atoms with Gasteiger partial charge in [-0.2, -0.15) is 5.10 Å². The third kappa shape index (κ3) is 6.87. The lowest BCUT2D eigenvalue weighted by molar-refractivity contribution is 0.194. The van der Waals surface area contributed by atoms with Gasteiger partial charge in [-0.1, -0.05) is 36.4 Å². The summed E-state index contributed by atoms with van der Waals surface area (Å²) < 4.78 is 8.80. The first-order chi connectivity index (χ1) is 16.2. The van der Waals surface area contributed by atoms with E-state index in [2.05, 4.69) is 47.7 Å². The Morgan fingerprint density at radius 1 is 1.06 bits per heavy atom. The van der Waals surface area contributed by atoms with Gasteiger partial charge in [0.2, 0.25) is 5.88 Å². The summed E-state index contributed by atoms with van der Waals surface area (Å²) in [7, 11) is 1.90. The maximum Gasteiger partial charge on any atom is 0.237 e. The van der Waals surface area contributed by atoms with Gasteiger partial charge in [0.15, 0.2) is 0 Å². The number of pyridine rings is 2. The van der Waals surface area contributed by atoms with Crippen LogP contribution in [-0.4, -0.2) is 45.5 Å². The van der Waals surface area contributed by atoms with Crippen molar-refractivity contribution in [2.45, 2.75) is 12.5 Å². The third-order valence-electron chi connectivity index (χ3n) is 5.07. The zero-order chi connectivity index (χ0) is 22.9. The molecule has 4 heterocycles. The lowest BCUT2D eigenvalue weighted by Crippen LogP contribution is -2.40. The second kappa shape index (κ2) is 11.6. The Morgan fingerprint density at radius 3 is 2.52 bits per heavy atom. The minimum Gasteiger partial charge on any atom is -0.470 e. The average molecular weight is 507 g/mol.